The van der Waals surface area contributed by atoms with Crippen molar-refractivity contribution in [3.63, 3.8) is 0 Å². The second kappa shape index (κ2) is 6.40. The van der Waals surface area contributed by atoms with Crippen LogP contribution in [0.25, 0.3) is 0 Å². The molecule has 0 aromatic rings. The van der Waals surface area contributed by atoms with Crippen LogP contribution in [0.5, 0.6) is 0 Å². The molecule has 1 N–H and O–H groups in total. The molecule has 1 fully saturated rings. The lowest BCUT2D eigenvalue weighted by Gasteiger charge is -2.47. The number of nitrogens with one attached hydrogen (secondary N) is 1. The van der Waals surface area contributed by atoms with Crippen LogP contribution in [0.3, 0.4) is 0 Å². The molecule has 0 aromatic carbocycles. The van der Waals surface area contributed by atoms with Gasteiger partial charge in [-0.05, 0) is 0 Å². The van der Waals surface area contributed by atoms with Gasteiger partial charge in [-0.2, -0.15) is 0 Å². The average molecular weight is 218 g/mol. The lowest BCUT2D eigenvalue weighted by atomic mass is 10.1. The lowest BCUT2D eigenvalue weighted by Crippen LogP contribution is -2.64. The van der Waals surface area contributed by atoms with E-state index in [0.717, 1.165) is 39.3 Å². The van der Waals surface area contributed by atoms with Crippen LogP contribution in [0.2, 0.25) is 0 Å². The molecule has 0 spiro atoms. The molecule has 0 bridgehead atoms. The van der Waals surface area contributed by atoms with E-state index in [1.165, 1.54) is 0 Å². The maximum absolute atomic E-state index is 5.29. The first-order chi connectivity index (χ1) is 7.26. The molecule has 1 rings (SSSR count). The van der Waals surface area contributed by atoms with Gasteiger partial charge in [-0.25, -0.2) is 0 Å². The molecule has 0 atom stereocenters. The molecule has 0 radical (unpaired) electrons. The zero-order valence-electron chi connectivity index (χ0n) is 9.91. The highest BCUT2D eigenvalue weighted by atomic mass is 16.7. The Labute approximate surface area is 91.7 Å². The van der Waals surface area contributed by atoms with Gasteiger partial charge >= 0.3 is 0 Å². The molecule has 5 nitrogen and oxygen atoms in total. The van der Waals surface area contributed by atoms with Crippen LogP contribution in [0.1, 0.15) is 0 Å². The van der Waals surface area contributed by atoms with Gasteiger partial charge in [-0.15, -0.1) is 0 Å². The van der Waals surface area contributed by atoms with E-state index >= 15 is 0 Å². The third kappa shape index (κ3) is 3.70. The summed E-state index contributed by atoms with van der Waals surface area (Å²) in [6, 6.07) is 0. The van der Waals surface area contributed by atoms with Crippen LogP contribution in [-0.2, 0) is 14.2 Å². The van der Waals surface area contributed by atoms with Gasteiger partial charge in [0.25, 0.3) is 0 Å². The molecule has 0 aliphatic carbocycles. The van der Waals surface area contributed by atoms with Crippen LogP contribution in [0.4, 0.5) is 0 Å². The smallest absolute Gasteiger partial charge is 0.193 e. The summed E-state index contributed by atoms with van der Waals surface area (Å²) < 4.78 is 15.5. The number of hydrogen-bond donors (Lipinski definition) is 1. The molecule has 1 aliphatic heterocycles. The summed E-state index contributed by atoms with van der Waals surface area (Å²) in [5.41, 5.74) is 0. The van der Waals surface area contributed by atoms with Crippen LogP contribution in [0, 0.1) is 0 Å². The van der Waals surface area contributed by atoms with Crippen LogP contribution in [-0.4, -0.2) is 71.3 Å². The van der Waals surface area contributed by atoms with E-state index in [4.69, 9.17) is 14.2 Å². The van der Waals surface area contributed by atoms with Crippen LogP contribution < -0.4 is 5.32 Å². The summed E-state index contributed by atoms with van der Waals surface area (Å²) in [5, 5.41) is 3.30. The second-order valence-corrected chi connectivity index (χ2v) is 3.77. The van der Waals surface area contributed by atoms with Gasteiger partial charge < -0.3 is 19.5 Å². The largest absolute Gasteiger partial charge is 0.383 e. The average Bonchev–Trinajstić information content (AvgIpc) is 2.21. The standard InChI is InChI=1S/C10H22N2O3/c1-13-7-5-11-4-6-12-8-10(9-12,14-2)15-3/h11H,4-9H2,1-3H3. The van der Waals surface area contributed by atoms with Crippen molar-refractivity contribution in [2.24, 2.45) is 0 Å². The van der Waals surface area contributed by atoms with E-state index in [0.29, 0.717) is 0 Å². The first-order valence-electron chi connectivity index (χ1n) is 5.28. The van der Waals surface area contributed by atoms with Crippen molar-refractivity contribution < 1.29 is 14.2 Å². The molecule has 1 heterocycles. The summed E-state index contributed by atoms with van der Waals surface area (Å²) in [6.45, 7) is 5.38. The number of methoxy groups -OCH3 is 3. The summed E-state index contributed by atoms with van der Waals surface area (Å²) in [5.74, 6) is -0.355. The molecular formula is C10H22N2O3. The van der Waals surface area contributed by atoms with Gasteiger partial charge in [0.05, 0.1) is 19.7 Å². The predicted molar refractivity (Wildman–Crippen MR) is 57.9 cm³/mol. The molecule has 0 unspecified atom stereocenters. The van der Waals surface area contributed by atoms with E-state index in [1.807, 2.05) is 0 Å². The Kier molecular flexibility index (Phi) is 5.49. The molecule has 90 valence electrons. The molecular weight excluding hydrogens is 196 g/mol. The van der Waals surface area contributed by atoms with Crippen molar-refractivity contribution in [3.05, 3.63) is 0 Å². The van der Waals surface area contributed by atoms with Crippen molar-refractivity contribution in [2.45, 2.75) is 5.79 Å². The number of ether oxygens (including phenoxy) is 3. The summed E-state index contributed by atoms with van der Waals surface area (Å²) in [4.78, 5) is 2.30. The zero-order chi connectivity index (χ0) is 11.1. The molecule has 1 aliphatic rings. The molecule has 1 saturated heterocycles. The SMILES string of the molecule is COCCNCCN1CC(OC)(OC)C1. The Bertz CT molecular complexity index is 166. The highest BCUT2D eigenvalue weighted by Gasteiger charge is 2.43. The number of hydrogen-bond acceptors (Lipinski definition) is 5. The van der Waals surface area contributed by atoms with Crippen molar-refractivity contribution in [2.75, 3.05) is 60.7 Å². The predicted octanol–water partition coefficient (Wildman–Crippen LogP) is -0.473. The Morgan fingerprint density at radius 1 is 1.13 bits per heavy atom. The van der Waals surface area contributed by atoms with Crippen LogP contribution >= 0.6 is 0 Å². The number of likely N-dealkylation sites (tertiary alicyclic amines) is 1. The first kappa shape index (κ1) is 12.9. The highest BCUT2D eigenvalue weighted by Crippen LogP contribution is 2.24. The van der Waals surface area contributed by atoms with Crippen molar-refractivity contribution in [1.82, 2.24) is 10.2 Å². The van der Waals surface area contributed by atoms with Gasteiger partial charge in [-0.3, -0.25) is 4.90 Å². The molecule has 0 aromatic heterocycles. The van der Waals surface area contributed by atoms with E-state index in [2.05, 4.69) is 10.2 Å². The normalized spacial score (nSPS) is 20.2. The van der Waals surface area contributed by atoms with Gasteiger partial charge in [0.15, 0.2) is 5.79 Å². The van der Waals surface area contributed by atoms with Crippen molar-refractivity contribution in [3.8, 4) is 0 Å². The Morgan fingerprint density at radius 2 is 1.80 bits per heavy atom. The Balaban J connectivity index is 1.98. The van der Waals surface area contributed by atoms with E-state index in [1.54, 1.807) is 21.3 Å². The quantitative estimate of drug-likeness (QED) is 0.440. The van der Waals surface area contributed by atoms with Gasteiger partial charge in [0.2, 0.25) is 0 Å². The zero-order valence-corrected chi connectivity index (χ0v) is 9.91. The highest BCUT2D eigenvalue weighted by molar-refractivity contribution is 4.89. The monoisotopic (exact) mass is 218 g/mol. The first-order valence-corrected chi connectivity index (χ1v) is 5.28. The molecule has 15 heavy (non-hydrogen) atoms. The van der Waals surface area contributed by atoms with E-state index in [-0.39, 0.29) is 5.79 Å². The lowest BCUT2D eigenvalue weighted by molar-refractivity contribution is -0.274. The Morgan fingerprint density at radius 3 is 2.33 bits per heavy atom. The number of nitrogens with zero attached hydrogens (tertiary/aromatic N) is 1. The molecule has 5 heteroatoms. The fourth-order valence-corrected chi connectivity index (χ4v) is 1.67. The maximum Gasteiger partial charge on any atom is 0.193 e. The summed E-state index contributed by atoms with van der Waals surface area (Å²) >= 11 is 0. The van der Waals surface area contributed by atoms with Crippen molar-refractivity contribution in [1.29, 1.82) is 0 Å². The fraction of sp³-hybridized carbons (Fsp3) is 1.00. The summed E-state index contributed by atoms with van der Waals surface area (Å²) in [7, 11) is 5.10. The maximum atomic E-state index is 5.29. The topological polar surface area (TPSA) is 43.0 Å². The minimum atomic E-state index is -0.355. The van der Waals surface area contributed by atoms with Crippen molar-refractivity contribution >= 4 is 0 Å². The molecule has 0 saturated carbocycles. The third-order valence-electron chi connectivity index (χ3n) is 2.76. The minimum absolute atomic E-state index is 0.355. The third-order valence-corrected chi connectivity index (χ3v) is 2.76. The fourth-order valence-electron chi connectivity index (χ4n) is 1.67. The minimum Gasteiger partial charge on any atom is -0.383 e. The van der Waals surface area contributed by atoms with E-state index < -0.39 is 0 Å². The van der Waals surface area contributed by atoms with Gasteiger partial charge in [-0.1, -0.05) is 0 Å². The van der Waals surface area contributed by atoms with Gasteiger partial charge in [0, 0.05) is 41.0 Å². The number of rotatable bonds is 8. The summed E-state index contributed by atoms with van der Waals surface area (Å²) in [6.07, 6.45) is 0. The van der Waals surface area contributed by atoms with Gasteiger partial charge in [0.1, 0.15) is 0 Å². The van der Waals surface area contributed by atoms with Crippen LogP contribution in [0.15, 0.2) is 0 Å². The second-order valence-electron chi connectivity index (χ2n) is 3.77. The van der Waals surface area contributed by atoms with E-state index in [9.17, 15) is 0 Å². The Hall–Kier alpha value is -0.200. The molecule has 0 amide bonds.